The minimum Gasteiger partial charge on any atom is -0.369 e. The van der Waals surface area contributed by atoms with Crippen LogP contribution in [0.5, 0.6) is 0 Å². The zero-order chi connectivity index (χ0) is 18.7. The summed E-state index contributed by atoms with van der Waals surface area (Å²) in [6.45, 7) is 0.0781. The molecule has 0 aliphatic carbocycles. The first-order valence-electron chi connectivity index (χ1n) is 8.26. The highest BCUT2D eigenvalue weighted by molar-refractivity contribution is 7.91. The van der Waals surface area contributed by atoms with Crippen LogP contribution in [0, 0.1) is 5.82 Å². The Bertz CT molecular complexity index is 900. The van der Waals surface area contributed by atoms with Gasteiger partial charge in [-0.1, -0.05) is 18.2 Å². The number of pyridine rings is 1. The van der Waals surface area contributed by atoms with Gasteiger partial charge in [-0.3, -0.25) is 4.79 Å². The van der Waals surface area contributed by atoms with Crippen molar-refractivity contribution in [3.8, 4) is 0 Å². The van der Waals surface area contributed by atoms with Crippen LogP contribution in [0.15, 0.2) is 42.6 Å². The van der Waals surface area contributed by atoms with Crippen molar-refractivity contribution in [3.05, 3.63) is 59.7 Å². The van der Waals surface area contributed by atoms with E-state index in [9.17, 15) is 17.6 Å². The number of hydrogen-bond donors (Lipinski definition) is 1. The number of halogens is 1. The zero-order valence-corrected chi connectivity index (χ0v) is 15.2. The minimum absolute atomic E-state index is 0.0781. The van der Waals surface area contributed by atoms with Crippen molar-refractivity contribution in [1.82, 2.24) is 10.3 Å². The van der Waals surface area contributed by atoms with Gasteiger partial charge in [0.1, 0.15) is 11.5 Å². The average Bonchev–Trinajstić information content (AvgIpc) is 3.00. The molecule has 2 heterocycles. The van der Waals surface area contributed by atoms with Gasteiger partial charge in [0, 0.05) is 25.2 Å². The lowest BCUT2D eigenvalue weighted by Crippen LogP contribution is -2.32. The number of hydrogen-bond acceptors (Lipinski definition) is 5. The second-order valence-corrected chi connectivity index (χ2v) is 8.57. The third-order valence-corrected chi connectivity index (χ3v) is 6.29. The number of sulfone groups is 1. The van der Waals surface area contributed by atoms with E-state index >= 15 is 0 Å². The lowest BCUT2D eigenvalue weighted by atomic mass is 10.2. The molecule has 1 fully saturated rings. The van der Waals surface area contributed by atoms with Crippen molar-refractivity contribution in [2.45, 2.75) is 19.0 Å². The maximum absolute atomic E-state index is 13.6. The lowest BCUT2D eigenvalue weighted by Gasteiger charge is -2.25. The molecule has 2 aromatic rings. The third-order valence-electron chi connectivity index (χ3n) is 4.54. The first-order chi connectivity index (χ1) is 12.4. The molecule has 1 N–H and O–H groups in total. The molecular weight excluding hydrogens is 357 g/mol. The Labute approximate surface area is 152 Å². The van der Waals surface area contributed by atoms with E-state index in [-0.39, 0.29) is 35.6 Å². The number of amides is 1. The Balaban J connectivity index is 1.62. The van der Waals surface area contributed by atoms with Crippen molar-refractivity contribution >= 4 is 21.4 Å². The fourth-order valence-electron chi connectivity index (χ4n) is 2.93. The molecule has 1 amide bonds. The smallest absolute Gasteiger partial charge is 0.270 e. The molecule has 1 atom stereocenters. The molecule has 1 aromatic heterocycles. The summed E-state index contributed by atoms with van der Waals surface area (Å²) in [6.07, 6.45) is 2.13. The SMILES string of the molecule is CN(c1ccc(C(=O)NCc2ccccc2F)nc1)C1CCS(=O)(=O)C1. The van der Waals surface area contributed by atoms with Crippen LogP contribution in [0.4, 0.5) is 10.1 Å². The van der Waals surface area contributed by atoms with Crippen LogP contribution >= 0.6 is 0 Å². The molecule has 1 aliphatic heterocycles. The third kappa shape index (κ3) is 4.19. The largest absolute Gasteiger partial charge is 0.369 e. The number of nitrogens with zero attached hydrogens (tertiary/aromatic N) is 2. The van der Waals surface area contributed by atoms with Gasteiger partial charge in [0.05, 0.1) is 23.4 Å². The summed E-state index contributed by atoms with van der Waals surface area (Å²) in [6, 6.07) is 9.47. The van der Waals surface area contributed by atoms with Gasteiger partial charge in [0.15, 0.2) is 9.84 Å². The van der Waals surface area contributed by atoms with E-state index in [2.05, 4.69) is 10.3 Å². The fourth-order valence-corrected chi connectivity index (χ4v) is 4.70. The molecule has 6 nitrogen and oxygen atoms in total. The van der Waals surface area contributed by atoms with Crippen molar-refractivity contribution in [3.63, 3.8) is 0 Å². The van der Waals surface area contributed by atoms with E-state index in [1.54, 1.807) is 36.5 Å². The number of carbonyl (C=O) groups is 1. The van der Waals surface area contributed by atoms with E-state index < -0.39 is 15.7 Å². The number of nitrogens with one attached hydrogen (secondary N) is 1. The number of rotatable bonds is 5. The van der Waals surface area contributed by atoms with Gasteiger partial charge < -0.3 is 10.2 Å². The predicted octanol–water partition coefficient (Wildman–Crippen LogP) is 1.77. The molecule has 1 saturated heterocycles. The Morgan fingerprint density at radius 3 is 2.69 bits per heavy atom. The number of aromatic nitrogens is 1. The molecule has 0 saturated carbocycles. The molecule has 0 bridgehead atoms. The Kier molecular flexibility index (Phi) is 5.22. The van der Waals surface area contributed by atoms with E-state index in [0.29, 0.717) is 12.0 Å². The summed E-state index contributed by atoms with van der Waals surface area (Å²) >= 11 is 0. The van der Waals surface area contributed by atoms with E-state index in [1.807, 2.05) is 11.9 Å². The Morgan fingerprint density at radius 2 is 2.08 bits per heavy atom. The summed E-state index contributed by atoms with van der Waals surface area (Å²) in [4.78, 5) is 18.2. The molecule has 8 heteroatoms. The fraction of sp³-hybridized carbons (Fsp3) is 0.333. The molecular formula is C18H20FN3O3S. The second kappa shape index (κ2) is 7.41. The van der Waals surface area contributed by atoms with E-state index in [1.165, 1.54) is 6.07 Å². The normalized spacial score (nSPS) is 18.5. The first-order valence-corrected chi connectivity index (χ1v) is 10.1. The van der Waals surface area contributed by atoms with Crippen LogP contribution in [0.1, 0.15) is 22.5 Å². The highest BCUT2D eigenvalue weighted by Crippen LogP contribution is 2.22. The number of carbonyl (C=O) groups excluding carboxylic acids is 1. The van der Waals surface area contributed by atoms with Crippen LogP contribution in [0.3, 0.4) is 0 Å². The summed E-state index contributed by atoms with van der Waals surface area (Å²) in [7, 11) is -1.14. The van der Waals surface area contributed by atoms with Crippen molar-refractivity contribution in [2.24, 2.45) is 0 Å². The van der Waals surface area contributed by atoms with Gasteiger partial charge in [0.2, 0.25) is 0 Å². The predicted molar refractivity (Wildman–Crippen MR) is 97.3 cm³/mol. The van der Waals surface area contributed by atoms with Crippen LogP contribution in [0.2, 0.25) is 0 Å². The van der Waals surface area contributed by atoms with Crippen LogP contribution in [-0.4, -0.2) is 43.9 Å². The van der Waals surface area contributed by atoms with Crippen LogP contribution in [0.25, 0.3) is 0 Å². The topological polar surface area (TPSA) is 79.4 Å². The van der Waals surface area contributed by atoms with Gasteiger partial charge >= 0.3 is 0 Å². The summed E-state index contributed by atoms with van der Waals surface area (Å²) in [5, 5.41) is 2.64. The maximum Gasteiger partial charge on any atom is 0.270 e. The Morgan fingerprint density at radius 1 is 1.31 bits per heavy atom. The van der Waals surface area contributed by atoms with Crippen molar-refractivity contribution < 1.29 is 17.6 Å². The quantitative estimate of drug-likeness (QED) is 0.859. The van der Waals surface area contributed by atoms with E-state index in [0.717, 1.165) is 5.69 Å². The van der Waals surface area contributed by atoms with Gasteiger partial charge in [-0.25, -0.2) is 17.8 Å². The molecule has 0 radical (unpaired) electrons. The molecule has 26 heavy (non-hydrogen) atoms. The zero-order valence-electron chi connectivity index (χ0n) is 14.4. The van der Waals surface area contributed by atoms with Crippen LogP contribution < -0.4 is 10.2 Å². The van der Waals surface area contributed by atoms with Gasteiger partial charge in [-0.05, 0) is 24.6 Å². The molecule has 1 aromatic carbocycles. The highest BCUT2D eigenvalue weighted by Gasteiger charge is 2.30. The van der Waals surface area contributed by atoms with Crippen molar-refractivity contribution in [1.29, 1.82) is 0 Å². The molecule has 1 unspecified atom stereocenters. The van der Waals surface area contributed by atoms with Gasteiger partial charge in [0.25, 0.3) is 5.91 Å². The van der Waals surface area contributed by atoms with E-state index in [4.69, 9.17) is 0 Å². The first kappa shape index (κ1) is 18.3. The Hall–Kier alpha value is -2.48. The lowest BCUT2D eigenvalue weighted by molar-refractivity contribution is 0.0945. The summed E-state index contributed by atoms with van der Waals surface area (Å²) < 4.78 is 36.8. The minimum atomic E-state index is -2.96. The highest BCUT2D eigenvalue weighted by atomic mass is 32.2. The molecule has 138 valence electrons. The van der Waals surface area contributed by atoms with Gasteiger partial charge in [-0.15, -0.1) is 0 Å². The summed E-state index contributed by atoms with van der Waals surface area (Å²) in [5.41, 5.74) is 1.37. The maximum atomic E-state index is 13.6. The van der Waals surface area contributed by atoms with Crippen molar-refractivity contribution in [2.75, 3.05) is 23.5 Å². The average molecular weight is 377 g/mol. The van der Waals surface area contributed by atoms with Crippen LogP contribution in [-0.2, 0) is 16.4 Å². The molecule has 1 aliphatic rings. The summed E-state index contributed by atoms with van der Waals surface area (Å²) in [5.74, 6) is -0.435. The second-order valence-electron chi connectivity index (χ2n) is 6.34. The van der Waals surface area contributed by atoms with Gasteiger partial charge in [-0.2, -0.15) is 0 Å². The standard InChI is InChI=1S/C18H20FN3O3S/c1-22(15-8-9-26(24,25)12-15)14-6-7-17(20-11-14)18(23)21-10-13-4-2-3-5-16(13)19/h2-7,11,15H,8-10,12H2,1H3,(H,21,23). The molecule has 0 spiro atoms. The number of anilines is 1. The number of benzene rings is 1. The monoisotopic (exact) mass is 377 g/mol. The molecule has 3 rings (SSSR count).